The minimum absolute atomic E-state index is 0.0452. The van der Waals surface area contributed by atoms with E-state index in [1.54, 1.807) is 12.1 Å². The molecule has 1 aliphatic rings. The molecule has 1 aromatic rings. The maximum Gasteiger partial charge on any atom is 0.230 e. The number of nitro groups is 1. The van der Waals surface area contributed by atoms with Crippen LogP contribution in [0.5, 0.6) is 0 Å². The number of aliphatic hydroxyl groups excluding tert-OH is 1. The van der Waals surface area contributed by atoms with Crippen LogP contribution in [-0.4, -0.2) is 28.5 Å². The molecule has 0 saturated heterocycles. The van der Waals surface area contributed by atoms with E-state index in [0.29, 0.717) is 15.6 Å². The molecular weight excluding hydrogens is 307 g/mol. The number of aliphatic hydroxyl groups is 1. The second-order valence-electron chi connectivity index (χ2n) is 4.66. The number of benzene rings is 1. The fraction of sp³-hybridized carbons (Fsp3) is 0.417. The average molecular weight is 319 g/mol. The summed E-state index contributed by atoms with van der Waals surface area (Å²) < 4.78 is 0. The van der Waals surface area contributed by atoms with Gasteiger partial charge in [0.2, 0.25) is 11.9 Å². The van der Waals surface area contributed by atoms with Gasteiger partial charge >= 0.3 is 0 Å². The lowest BCUT2D eigenvalue weighted by Crippen LogP contribution is -2.31. The van der Waals surface area contributed by atoms with Gasteiger partial charge in [0.15, 0.2) is 0 Å². The average Bonchev–Trinajstić information content (AvgIpc) is 3.14. The second kappa shape index (κ2) is 5.95. The first-order valence-corrected chi connectivity index (χ1v) is 6.69. The molecule has 0 unspecified atom stereocenters. The number of carbonyl (C=O) groups is 1. The lowest BCUT2D eigenvalue weighted by Gasteiger charge is -2.12. The second-order valence-corrected chi connectivity index (χ2v) is 5.53. The zero-order chi connectivity index (χ0) is 14.9. The summed E-state index contributed by atoms with van der Waals surface area (Å²) in [6.07, 6.45) is -0.722. The van der Waals surface area contributed by atoms with Crippen LogP contribution in [-0.2, 0) is 4.79 Å². The Balaban J connectivity index is 1.88. The summed E-state index contributed by atoms with van der Waals surface area (Å²) in [6, 6.07) is 3.82. The molecule has 0 aromatic heterocycles. The number of rotatable bonds is 5. The monoisotopic (exact) mass is 318 g/mol. The van der Waals surface area contributed by atoms with E-state index < -0.39 is 28.9 Å². The van der Waals surface area contributed by atoms with Gasteiger partial charge < -0.3 is 10.4 Å². The summed E-state index contributed by atoms with van der Waals surface area (Å²) in [7, 11) is 0. The van der Waals surface area contributed by atoms with E-state index >= 15 is 0 Å². The molecule has 1 amide bonds. The van der Waals surface area contributed by atoms with Gasteiger partial charge in [0.25, 0.3) is 0 Å². The standard InChI is InChI=1S/C12H12Cl2N2O4/c13-7-1-6(2-8(14)3-7)11(17)5-15-12(18)9-4-10(9)16(19)20/h1-3,9-11,17H,4-5H2,(H,15,18)/t9-,10-,11-/m0/s1. The summed E-state index contributed by atoms with van der Waals surface area (Å²) >= 11 is 11.6. The smallest absolute Gasteiger partial charge is 0.230 e. The third kappa shape index (κ3) is 3.59. The molecule has 2 N–H and O–H groups in total. The van der Waals surface area contributed by atoms with Crippen molar-refractivity contribution in [2.24, 2.45) is 5.92 Å². The molecule has 3 atom stereocenters. The van der Waals surface area contributed by atoms with Gasteiger partial charge in [-0.05, 0) is 23.8 Å². The number of hydrogen-bond acceptors (Lipinski definition) is 4. The molecule has 8 heteroatoms. The van der Waals surface area contributed by atoms with Crippen LogP contribution in [0.1, 0.15) is 18.1 Å². The molecule has 1 aliphatic carbocycles. The topological polar surface area (TPSA) is 92.5 Å². The molecule has 20 heavy (non-hydrogen) atoms. The Morgan fingerprint density at radius 1 is 1.45 bits per heavy atom. The molecule has 1 aromatic carbocycles. The first-order chi connectivity index (χ1) is 9.38. The maximum atomic E-state index is 11.6. The van der Waals surface area contributed by atoms with Crippen LogP contribution >= 0.6 is 23.2 Å². The number of hydrogen-bond donors (Lipinski definition) is 2. The summed E-state index contributed by atoms with van der Waals surface area (Å²) in [6.45, 7) is -0.0452. The van der Waals surface area contributed by atoms with E-state index in [1.165, 1.54) is 6.07 Å². The highest BCUT2D eigenvalue weighted by molar-refractivity contribution is 6.34. The Hall–Kier alpha value is -1.37. The van der Waals surface area contributed by atoms with Crippen LogP contribution in [0, 0.1) is 16.0 Å². The van der Waals surface area contributed by atoms with E-state index in [9.17, 15) is 20.0 Å². The Kier molecular flexibility index (Phi) is 4.47. The molecular formula is C12H12Cl2N2O4. The molecule has 108 valence electrons. The summed E-state index contributed by atoms with van der Waals surface area (Å²) in [4.78, 5) is 21.6. The quantitative estimate of drug-likeness (QED) is 0.639. The Morgan fingerprint density at radius 3 is 2.55 bits per heavy atom. The van der Waals surface area contributed by atoms with Crippen molar-refractivity contribution in [2.75, 3.05) is 6.54 Å². The van der Waals surface area contributed by atoms with Crippen LogP contribution in [0.15, 0.2) is 18.2 Å². The zero-order valence-corrected chi connectivity index (χ0v) is 11.8. The number of nitrogens with one attached hydrogen (secondary N) is 1. The zero-order valence-electron chi connectivity index (χ0n) is 10.3. The highest BCUT2D eigenvalue weighted by Gasteiger charge is 2.53. The normalized spacial score (nSPS) is 22.1. The van der Waals surface area contributed by atoms with Gasteiger partial charge in [-0.3, -0.25) is 14.9 Å². The maximum absolute atomic E-state index is 11.6. The van der Waals surface area contributed by atoms with E-state index in [1.807, 2.05) is 0 Å². The highest BCUT2D eigenvalue weighted by atomic mass is 35.5. The van der Waals surface area contributed by atoms with Crippen molar-refractivity contribution in [2.45, 2.75) is 18.6 Å². The molecule has 0 bridgehead atoms. The van der Waals surface area contributed by atoms with Crippen molar-refractivity contribution in [3.8, 4) is 0 Å². The van der Waals surface area contributed by atoms with Gasteiger partial charge in [0, 0.05) is 27.9 Å². The lowest BCUT2D eigenvalue weighted by molar-refractivity contribution is -0.497. The predicted molar refractivity (Wildman–Crippen MR) is 73.3 cm³/mol. The van der Waals surface area contributed by atoms with Crippen LogP contribution in [0.4, 0.5) is 0 Å². The van der Waals surface area contributed by atoms with Gasteiger partial charge in [0.05, 0.1) is 6.10 Å². The van der Waals surface area contributed by atoms with Crippen LogP contribution in [0.3, 0.4) is 0 Å². The molecule has 6 nitrogen and oxygen atoms in total. The number of halogens is 2. The molecule has 1 fully saturated rings. The van der Waals surface area contributed by atoms with E-state index in [-0.39, 0.29) is 13.0 Å². The van der Waals surface area contributed by atoms with Crippen molar-refractivity contribution in [3.63, 3.8) is 0 Å². The first-order valence-electron chi connectivity index (χ1n) is 5.93. The number of carbonyl (C=O) groups excluding carboxylic acids is 1. The number of nitrogens with zero attached hydrogens (tertiary/aromatic N) is 1. The third-order valence-electron chi connectivity index (χ3n) is 3.10. The Labute approximate surface area is 124 Å². The lowest BCUT2D eigenvalue weighted by atomic mass is 10.1. The summed E-state index contributed by atoms with van der Waals surface area (Å²) in [5.74, 6) is -1.01. The molecule has 1 saturated carbocycles. The third-order valence-corrected chi connectivity index (χ3v) is 3.54. The molecule has 2 rings (SSSR count). The van der Waals surface area contributed by atoms with Gasteiger partial charge in [-0.2, -0.15) is 0 Å². The minimum atomic E-state index is -0.969. The first kappa shape index (κ1) is 15.0. The van der Waals surface area contributed by atoms with Gasteiger partial charge in [-0.25, -0.2) is 0 Å². The SMILES string of the molecule is O=C(NC[C@H](O)c1cc(Cl)cc(Cl)c1)[C@H]1C[C@@H]1[N+](=O)[O-]. The highest BCUT2D eigenvalue weighted by Crippen LogP contribution is 2.33. The molecule has 0 aliphatic heterocycles. The fourth-order valence-electron chi connectivity index (χ4n) is 1.91. The number of amides is 1. The Morgan fingerprint density at radius 2 is 2.05 bits per heavy atom. The van der Waals surface area contributed by atoms with Crippen LogP contribution in [0.25, 0.3) is 0 Å². The largest absolute Gasteiger partial charge is 0.387 e. The van der Waals surface area contributed by atoms with Gasteiger partial charge in [0.1, 0.15) is 5.92 Å². The molecule has 0 heterocycles. The predicted octanol–water partition coefficient (Wildman–Crippen LogP) is 1.81. The van der Waals surface area contributed by atoms with Crippen molar-refractivity contribution in [1.29, 1.82) is 0 Å². The van der Waals surface area contributed by atoms with E-state index in [4.69, 9.17) is 23.2 Å². The molecule has 0 radical (unpaired) electrons. The van der Waals surface area contributed by atoms with Crippen molar-refractivity contribution in [1.82, 2.24) is 5.32 Å². The molecule has 0 spiro atoms. The Bertz CT molecular complexity index is 532. The van der Waals surface area contributed by atoms with E-state index in [0.717, 1.165) is 0 Å². The van der Waals surface area contributed by atoms with E-state index in [2.05, 4.69) is 5.32 Å². The van der Waals surface area contributed by atoms with Gasteiger partial charge in [-0.15, -0.1) is 0 Å². The summed E-state index contributed by atoms with van der Waals surface area (Å²) in [5.41, 5.74) is 0.476. The van der Waals surface area contributed by atoms with Crippen molar-refractivity contribution >= 4 is 29.1 Å². The fourth-order valence-corrected chi connectivity index (χ4v) is 2.45. The van der Waals surface area contributed by atoms with Crippen molar-refractivity contribution < 1.29 is 14.8 Å². The minimum Gasteiger partial charge on any atom is -0.387 e. The van der Waals surface area contributed by atoms with Crippen LogP contribution < -0.4 is 5.32 Å². The van der Waals surface area contributed by atoms with Gasteiger partial charge in [-0.1, -0.05) is 23.2 Å². The van der Waals surface area contributed by atoms with Crippen LogP contribution in [0.2, 0.25) is 10.0 Å². The van der Waals surface area contributed by atoms with Crippen molar-refractivity contribution in [3.05, 3.63) is 43.9 Å². The summed E-state index contributed by atoms with van der Waals surface area (Å²) in [5, 5.41) is 23.6.